The fourth-order valence-electron chi connectivity index (χ4n) is 5.97. The lowest BCUT2D eigenvalue weighted by Gasteiger charge is -2.41. The molecule has 0 amide bonds. The van der Waals surface area contributed by atoms with Crippen molar-refractivity contribution in [3.63, 3.8) is 0 Å². The normalized spacial score (nSPS) is 24.2. The maximum atomic E-state index is 6.50. The Morgan fingerprint density at radius 3 is 2.65 bits per heavy atom. The third kappa shape index (κ3) is 4.79. The van der Waals surface area contributed by atoms with Crippen LogP contribution in [0.1, 0.15) is 82.9 Å². The van der Waals surface area contributed by atoms with Crippen molar-refractivity contribution in [2.45, 2.75) is 82.8 Å². The summed E-state index contributed by atoms with van der Waals surface area (Å²) in [6.45, 7) is 5.78. The molecule has 3 aliphatic rings. The van der Waals surface area contributed by atoms with E-state index in [1.54, 1.807) is 0 Å². The highest BCUT2D eigenvalue weighted by Crippen LogP contribution is 2.41. The van der Waals surface area contributed by atoms with Crippen molar-refractivity contribution >= 4 is 29.0 Å². The predicted octanol–water partition coefficient (Wildman–Crippen LogP) is 5.70. The molecule has 0 bridgehead atoms. The number of allylic oxidation sites excluding steroid dienone is 1. The van der Waals surface area contributed by atoms with Crippen LogP contribution in [0.15, 0.2) is 23.5 Å². The van der Waals surface area contributed by atoms with E-state index in [4.69, 9.17) is 31.3 Å². The number of aliphatic imine (C=N–C) groups is 1. The molecule has 1 atom stereocenters. The molecule has 1 saturated heterocycles. The van der Waals surface area contributed by atoms with Crippen molar-refractivity contribution in [2.75, 3.05) is 26.3 Å². The van der Waals surface area contributed by atoms with Gasteiger partial charge in [-0.1, -0.05) is 32.1 Å². The van der Waals surface area contributed by atoms with Crippen molar-refractivity contribution in [3.05, 3.63) is 29.5 Å². The van der Waals surface area contributed by atoms with Crippen LogP contribution in [0.4, 0.5) is 0 Å². The quantitative estimate of drug-likeness (QED) is 0.319. The number of ether oxygens (including phenoxy) is 1. The number of hydrogen-bond donors (Lipinski definition) is 0. The van der Waals surface area contributed by atoms with Gasteiger partial charge in [0.15, 0.2) is 11.3 Å². The fourth-order valence-corrected chi connectivity index (χ4v) is 6.14. The average molecular weight is 485 g/mol. The predicted molar refractivity (Wildman–Crippen MR) is 136 cm³/mol. The molecule has 4 heterocycles. The molecule has 1 aliphatic carbocycles. The molecule has 2 aliphatic heterocycles. The van der Waals surface area contributed by atoms with E-state index in [2.05, 4.69) is 27.5 Å². The molecular weight excluding hydrogens is 448 g/mol. The molecule has 2 fully saturated rings. The Morgan fingerprint density at radius 1 is 1.09 bits per heavy atom. The third-order valence-corrected chi connectivity index (χ3v) is 8.02. The number of unbranched alkanes of at least 4 members (excludes halogenated alkanes) is 2. The number of rotatable bonds is 10. The van der Waals surface area contributed by atoms with E-state index in [1.165, 1.54) is 64.2 Å². The lowest BCUT2D eigenvalue weighted by atomic mass is 9.89. The van der Waals surface area contributed by atoms with Crippen molar-refractivity contribution in [1.29, 1.82) is 0 Å². The van der Waals surface area contributed by atoms with E-state index < -0.39 is 5.66 Å². The van der Waals surface area contributed by atoms with Gasteiger partial charge in [0.1, 0.15) is 11.2 Å². The Labute approximate surface area is 207 Å². The highest BCUT2D eigenvalue weighted by Gasteiger charge is 2.43. The first-order valence-electron chi connectivity index (χ1n) is 13.2. The first-order chi connectivity index (χ1) is 16.7. The number of hydrogen-bond acceptors (Lipinski definition) is 6. The van der Waals surface area contributed by atoms with Crippen LogP contribution in [0.25, 0.3) is 11.2 Å². The van der Waals surface area contributed by atoms with E-state index in [0.717, 1.165) is 49.1 Å². The van der Waals surface area contributed by atoms with Gasteiger partial charge < -0.3 is 9.30 Å². The van der Waals surface area contributed by atoms with Gasteiger partial charge in [-0.3, -0.25) is 9.89 Å². The van der Waals surface area contributed by atoms with Crippen LogP contribution in [0.5, 0.6) is 0 Å². The molecule has 8 heteroatoms. The fraction of sp³-hybridized carbons (Fsp3) is 0.692. The minimum Gasteiger partial charge on any atom is -0.382 e. The Balaban J connectivity index is 1.32. The van der Waals surface area contributed by atoms with Crippen LogP contribution >= 0.6 is 11.6 Å². The number of likely N-dealkylation sites (tertiary alicyclic amines) is 1. The van der Waals surface area contributed by atoms with Crippen molar-refractivity contribution in [2.24, 2.45) is 10.9 Å². The first kappa shape index (κ1) is 23.9. The second-order valence-corrected chi connectivity index (χ2v) is 10.3. The Hall–Kier alpha value is -1.83. The summed E-state index contributed by atoms with van der Waals surface area (Å²) in [4.78, 5) is 21.6. The molecule has 5 rings (SSSR count). The molecule has 1 saturated carbocycles. The van der Waals surface area contributed by atoms with Gasteiger partial charge in [-0.15, -0.1) is 0 Å². The smallest absolute Gasteiger partial charge is 0.224 e. The number of fused-ring (bicyclic) bond motifs is 1. The zero-order valence-electron chi connectivity index (χ0n) is 20.3. The van der Waals surface area contributed by atoms with E-state index in [0.29, 0.717) is 6.04 Å². The summed E-state index contributed by atoms with van der Waals surface area (Å²) in [5.74, 6) is 0.783. The number of nitrogens with zero attached hydrogens (tertiary/aromatic N) is 6. The van der Waals surface area contributed by atoms with Crippen LogP contribution in [-0.2, 0) is 10.4 Å². The summed E-state index contributed by atoms with van der Waals surface area (Å²) in [6.07, 6.45) is 20.3. The molecule has 34 heavy (non-hydrogen) atoms. The summed E-state index contributed by atoms with van der Waals surface area (Å²) in [5, 5.41) is 0.277. The molecule has 184 valence electrons. The Bertz CT molecular complexity index is 1010. The molecular formula is C26H37ClN6O. The minimum absolute atomic E-state index is 0.277. The van der Waals surface area contributed by atoms with Gasteiger partial charge in [0.2, 0.25) is 5.28 Å². The number of halogens is 1. The highest BCUT2D eigenvalue weighted by atomic mass is 35.5. The highest BCUT2D eigenvalue weighted by molar-refractivity contribution is 6.28. The second kappa shape index (κ2) is 10.8. The standard InChI is InChI=1S/C26H37ClN6O/c1-2-34-18-7-3-4-9-20-12-16-32(17-13-20)26(14-8-15-29-26)23-22-24(31-25(27)30-23)33(19-28-22)21-10-5-6-11-21/h8,14-15,19-21H,2-7,9-13,16-18H2,1H3. The lowest BCUT2D eigenvalue weighted by molar-refractivity contribution is 0.0833. The first-order valence-corrected chi connectivity index (χ1v) is 13.6. The van der Waals surface area contributed by atoms with Crippen molar-refractivity contribution < 1.29 is 4.74 Å². The van der Waals surface area contributed by atoms with Crippen LogP contribution < -0.4 is 0 Å². The molecule has 0 radical (unpaired) electrons. The largest absolute Gasteiger partial charge is 0.382 e. The summed E-state index contributed by atoms with van der Waals surface area (Å²) < 4.78 is 7.68. The maximum absolute atomic E-state index is 6.50. The van der Waals surface area contributed by atoms with Gasteiger partial charge >= 0.3 is 0 Å². The van der Waals surface area contributed by atoms with E-state index in [9.17, 15) is 0 Å². The molecule has 7 nitrogen and oxygen atoms in total. The van der Waals surface area contributed by atoms with E-state index in [1.807, 2.05) is 18.6 Å². The summed E-state index contributed by atoms with van der Waals surface area (Å²) in [7, 11) is 0. The van der Waals surface area contributed by atoms with Crippen LogP contribution in [-0.4, -0.2) is 56.9 Å². The molecule has 0 spiro atoms. The van der Waals surface area contributed by atoms with Gasteiger partial charge in [0, 0.05) is 38.6 Å². The minimum atomic E-state index is -0.637. The number of piperidine rings is 1. The number of imidazole rings is 1. The van der Waals surface area contributed by atoms with Gasteiger partial charge in [-0.05, 0) is 68.7 Å². The Kier molecular flexibility index (Phi) is 7.61. The summed E-state index contributed by atoms with van der Waals surface area (Å²) in [5.41, 5.74) is 1.86. The monoisotopic (exact) mass is 484 g/mol. The molecule has 2 aromatic heterocycles. The van der Waals surface area contributed by atoms with Crippen LogP contribution in [0, 0.1) is 5.92 Å². The van der Waals surface area contributed by atoms with Gasteiger partial charge in [-0.2, -0.15) is 4.98 Å². The molecule has 1 unspecified atom stereocenters. The van der Waals surface area contributed by atoms with Crippen LogP contribution in [0.3, 0.4) is 0 Å². The summed E-state index contributed by atoms with van der Waals surface area (Å²) >= 11 is 6.50. The topological polar surface area (TPSA) is 68.4 Å². The SMILES string of the molecule is CCOCCCCCC1CCN(C2(c3nc(Cl)nc4c3ncn4C3CCCC3)C=CC=N2)CC1. The average Bonchev–Trinajstić information content (AvgIpc) is 3.62. The van der Waals surface area contributed by atoms with Gasteiger partial charge in [0.25, 0.3) is 0 Å². The van der Waals surface area contributed by atoms with E-state index >= 15 is 0 Å². The molecule has 0 aromatic carbocycles. The molecule has 2 aromatic rings. The van der Waals surface area contributed by atoms with Crippen LogP contribution in [0.2, 0.25) is 5.28 Å². The van der Waals surface area contributed by atoms with Crippen molar-refractivity contribution in [3.8, 4) is 0 Å². The second-order valence-electron chi connectivity index (χ2n) is 9.94. The third-order valence-electron chi connectivity index (χ3n) is 7.85. The van der Waals surface area contributed by atoms with Gasteiger partial charge in [-0.25, -0.2) is 9.97 Å². The summed E-state index contributed by atoms with van der Waals surface area (Å²) in [6, 6.07) is 0.451. The number of aromatic nitrogens is 4. The zero-order valence-corrected chi connectivity index (χ0v) is 21.1. The molecule has 0 N–H and O–H groups in total. The van der Waals surface area contributed by atoms with E-state index in [-0.39, 0.29) is 5.28 Å². The lowest BCUT2D eigenvalue weighted by Crippen LogP contribution is -2.47. The Morgan fingerprint density at radius 2 is 1.91 bits per heavy atom. The van der Waals surface area contributed by atoms with Crippen molar-refractivity contribution in [1.82, 2.24) is 24.4 Å². The maximum Gasteiger partial charge on any atom is 0.224 e. The zero-order chi connectivity index (χ0) is 23.4. The van der Waals surface area contributed by atoms with Gasteiger partial charge in [0.05, 0.1) is 6.33 Å².